The summed E-state index contributed by atoms with van der Waals surface area (Å²) in [5, 5.41) is 9.25. The van der Waals surface area contributed by atoms with Gasteiger partial charge in [0.2, 0.25) is 0 Å². The zero-order valence-electron chi connectivity index (χ0n) is 17.9. The second-order valence-electron chi connectivity index (χ2n) is 6.88. The van der Waals surface area contributed by atoms with E-state index in [1.165, 1.54) is 10.9 Å². The number of methoxy groups -OCH3 is 1. The quantitative estimate of drug-likeness (QED) is 0.421. The Hall–Kier alpha value is -3.68. The lowest BCUT2D eigenvalue weighted by molar-refractivity contribution is 0.0949. The Morgan fingerprint density at radius 1 is 1.13 bits per heavy atom. The summed E-state index contributed by atoms with van der Waals surface area (Å²) >= 11 is 0. The van der Waals surface area contributed by atoms with E-state index in [0.717, 1.165) is 18.4 Å². The molecule has 0 saturated heterocycles. The van der Waals surface area contributed by atoms with E-state index in [0.29, 0.717) is 35.4 Å². The monoisotopic (exact) mass is 422 g/mol. The van der Waals surface area contributed by atoms with E-state index in [4.69, 9.17) is 9.47 Å². The fraction of sp³-hybridized carbons (Fsp3) is 0.304. The van der Waals surface area contributed by atoms with E-state index < -0.39 is 5.91 Å². The highest BCUT2D eigenvalue weighted by Gasteiger charge is 2.16. The molecule has 0 spiro atoms. The van der Waals surface area contributed by atoms with Crippen LogP contribution < -0.4 is 20.5 Å². The van der Waals surface area contributed by atoms with Gasteiger partial charge in [0, 0.05) is 11.9 Å². The van der Waals surface area contributed by atoms with Crippen LogP contribution in [-0.4, -0.2) is 35.6 Å². The predicted molar refractivity (Wildman–Crippen MR) is 120 cm³/mol. The fourth-order valence-electron chi connectivity index (χ4n) is 3.08. The van der Waals surface area contributed by atoms with Gasteiger partial charge in [-0.15, -0.1) is 0 Å². The van der Waals surface area contributed by atoms with Crippen molar-refractivity contribution in [2.24, 2.45) is 5.10 Å². The van der Waals surface area contributed by atoms with Crippen molar-refractivity contribution in [3.8, 4) is 11.5 Å². The number of rotatable bonds is 9. The third-order valence-corrected chi connectivity index (χ3v) is 4.55. The molecule has 0 atom stereocenters. The van der Waals surface area contributed by atoms with Gasteiger partial charge in [0.25, 0.3) is 11.5 Å². The largest absolute Gasteiger partial charge is 0.493 e. The first kappa shape index (κ1) is 22.0. The maximum absolute atomic E-state index is 12.8. The SMILES string of the molecule is CCCOc1ccc(/C=N/NC(=O)c2nn(CCC)c(=O)c3ccccc23)cc1OC. The number of hydrogen-bond acceptors (Lipinski definition) is 6. The molecule has 8 nitrogen and oxygen atoms in total. The van der Waals surface area contributed by atoms with Crippen LogP contribution in [0.15, 0.2) is 52.4 Å². The molecule has 0 aliphatic heterocycles. The molecular formula is C23H26N4O4. The summed E-state index contributed by atoms with van der Waals surface area (Å²) < 4.78 is 12.3. The number of amides is 1. The van der Waals surface area contributed by atoms with E-state index in [1.54, 1.807) is 43.5 Å². The first-order valence-corrected chi connectivity index (χ1v) is 10.2. The minimum absolute atomic E-state index is 0.154. The average Bonchev–Trinajstić information content (AvgIpc) is 2.80. The van der Waals surface area contributed by atoms with Crippen molar-refractivity contribution < 1.29 is 14.3 Å². The van der Waals surface area contributed by atoms with Crippen LogP contribution in [0, 0.1) is 0 Å². The van der Waals surface area contributed by atoms with Crippen LogP contribution in [0.3, 0.4) is 0 Å². The number of hydrogen-bond donors (Lipinski definition) is 1. The molecule has 1 N–H and O–H groups in total. The molecule has 3 aromatic rings. The van der Waals surface area contributed by atoms with Gasteiger partial charge in [-0.05, 0) is 42.7 Å². The molecule has 0 fully saturated rings. The van der Waals surface area contributed by atoms with Crippen LogP contribution >= 0.6 is 0 Å². The van der Waals surface area contributed by atoms with Crippen molar-refractivity contribution in [2.45, 2.75) is 33.2 Å². The lowest BCUT2D eigenvalue weighted by Crippen LogP contribution is -2.29. The topological polar surface area (TPSA) is 94.8 Å². The zero-order valence-corrected chi connectivity index (χ0v) is 17.9. The molecule has 0 saturated carbocycles. The Kier molecular flexibility index (Phi) is 7.37. The summed E-state index contributed by atoms with van der Waals surface area (Å²) in [6.45, 7) is 5.00. The van der Waals surface area contributed by atoms with Crippen molar-refractivity contribution in [3.05, 3.63) is 64.1 Å². The second-order valence-corrected chi connectivity index (χ2v) is 6.88. The lowest BCUT2D eigenvalue weighted by atomic mass is 10.1. The Morgan fingerprint density at radius 2 is 1.90 bits per heavy atom. The first-order valence-electron chi connectivity index (χ1n) is 10.2. The molecule has 2 aromatic carbocycles. The maximum atomic E-state index is 12.8. The molecule has 1 aromatic heterocycles. The molecule has 0 aliphatic carbocycles. The van der Waals surface area contributed by atoms with Crippen LogP contribution in [-0.2, 0) is 6.54 Å². The molecule has 162 valence electrons. The number of benzene rings is 2. The highest BCUT2D eigenvalue weighted by Crippen LogP contribution is 2.27. The van der Waals surface area contributed by atoms with E-state index in [1.807, 2.05) is 19.9 Å². The number of carbonyl (C=O) groups is 1. The molecule has 0 aliphatic rings. The number of carbonyl (C=O) groups excluding carboxylic acids is 1. The molecule has 0 radical (unpaired) electrons. The number of fused-ring (bicyclic) bond motifs is 1. The number of ether oxygens (including phenoxy) is 2. The number of aryl methyl sites for hydroxylation is 1. The first-order chi connectivity index (χ1) is 15.1. The van der Waals surface area contributed by atoms with Crippen LogP contribution in [0.25, 0.3) is 10.8 Å². The predicted octanol–water partition coefficient (Wildman–Crippen LogP) is 3.37. The summed E-state index contributed by atoms with van der Waals surface area (Å²) in [5.74, 6) is 0.745. The second kappa shape index (κ2) is 10.4. The maximum Gasteiger partial charge on any atom is 0.292 e. The van der Waals surface area contributed by atoms with Crippen molar-refractivity contribution in [2.75, 3.05) is 13.7 Å². The van der Waals surface area contributed by atoms with Crippen molar-refractivity contribution >= 4 is 22.9 Å². The number of aromatic nitrogens is 2. The van der Waals surface area contributed by atoms with Gasteiger partial charge in [0.05, 0.1) is 25.3 Å². The Morgan fingerprint density at radius 3 is 2.61 bits per heavy atom. The third-order valence-electron chi connectivity index (χ3n) is 4.55. The lowest BCUT2D eigenvalue weighted by Gasteiger charge is -2.10. The highest BCUT2D eigenvalue weighted by atomic mass is 16.5. The van der Waals surface area contributed by atoms with Gasteiger partial charge in [-0.2, -0.15) is 10.2 Å². The number of nitrogens with zero attached hydrogens (tertiary/aromatic N) is 3. The summed E-state index contributed by atoms with van der Waals surface area (Å²) in [4.78, 5) is 25.3. The van der Waals surface area contributed by atoms with Gasteiger partial charge in [-0.3, -0.25) is 9.59 Å². The molecular weight excluding hydrogens is 396 g/mol. The summed E-state index contributed by atoms with van der Waals surface area (Å²) in [6.07, 6.45) is 3.13. The van der Waals surface area contributed by atoms with E-state index in [-0.39, 0.29) is 11.3 Å². The molecule has 3 rings (SSSR count). The minimum Gasteiger partial charge on any atom is -0.493 e. The van der Waals surface area contributed by atoms with E-state index in [9.17, 15) is 9.59 Å². The Labute approximate surface area is 180 Å². The standard InChI is InChI=1S/C23H26N4O4/c1-4-12-27-23(29)18-9-7-6-8-17(18)21(26-27)22(28)25-24-15-16-10-11-19(31-13-5-2)20(14-16)30-3/h6-11,14-15H,4-5,12-13H2,1-3H3,(H,25,28)/b24-15+. The van der Waals surface area contributed by atoms with Crippen LogP contribution in [0.5, 0.6) is 11.5 Å². The van der Waals surface area contributed by atoms with Crippen LogP contribution in [0.1, 0.15) is 42.7 Å². The number of nitrogens with one attached hydrogen (secondary N) is 1. The number of hydrazone groups is 1. The smallest absolute Gasteiger partial charge is 0.292 e. The highest BCUT2D eigenvalue weighted by molar-refractivity contribution is 6.05. The molecule has 1 amide bonds. The van der Waals surface area contributed by atoms with Crippen molar-refractivity contribution in [1.29, 1.82) is 0 Å². The van der Waals surface area contributed by atoms with Crippen LogP contribution in [0.4, 0.5) is 0 Å². The van der Waals surface area contributed by atoms with Gasteiger partial charge in [0.1, 0.15) is 0 Å². The normalized spacial score (nSPS) is 11.1. The van der Waals surface area contributed by atoms with Gasteiger partial charge in [0.15, 0.2) is 17.2 Å². The molecule has 0 bridgehead atoms. The minimum atomic E-state index is -0.493. The van der Waals surface area contributed by atoms with Crippen molar-refractivity contribution in [1.82, 2.24) is 15.2 Å². The molecule has 0 unspecified atom stereocenters. The van der Waals surface area contributed by atoms with Crippen molar-refractivity contribution in [3.63, 3.8) is 0 Å². The third kappa shape index (κ3) is 5.09. The Bertz CT molecular complexity index is 1150. The Balaban J connectivity index is 1.82. The zero-order chi connectivity index (χ0) is 22.2. The van der Waals surface area contributed by atoms with E-state index >= 15 is 0 Å². The van der Waals surface area contributed by atoms with Gasteiger partial charge in [-0.25, -0.2) is 10.1 Å². The van der Waals surface area contributed by atoms with Gasteiger partial charge >= 0.3 is 0 Å². The average molecular weight is 422 g/mol. The van der Waals surface area contributed by atoms with Crippen LogP contribution in [0.2, 0.25) is 0 Å². The van der Waals surface area contributed by atoms with Gasteiger partial charge < -0.3 is 9.47 Å². The summed E-state index contributed by atoms with van der Waals surface area (Å²) in [5.41, 5.74) is 3.17. The molecule has 31 heavy (non-hydrogen) atoms. The summed E-state index contributed by atoms with van der Waals surface area (Å²) in [7, 11) is 1.57. The fourth-order valence-corrected chi connectivity index (χ4v) is 3.08. The molecule has 1 heterocycles. The van der Waals surface area contributed by atoms with E-state index in [2.05, 4.69) is 15.6 Å². The molecule has 8 heteroatoms. The summed E-state index contributed by atoms with van der Waals surface area (Å²) in [6, 6.07) is 12.3. The van der Waals surface area contributed by atoms with Gasteiger partial charge in [-0.1, -0.05) is 32.0 Å².